The fourth-order valence-electron chi connectivity index (χ4n) is 8.86. The van der Waals surface area contributed by atoms with E-state index in [-0.39, 0.29) is 101 Å². The molecule has 21 heteroatoms. The molecule has 0 aromatic heterocycles. The monoisotopic (exact) mass is 1060 g/mol. The van der Waals surface area contributed by atoms with Crippen molar-refractivity contribution in [2.24, 2.45) is 46.6 Å². The number of amides is 7. The summed E-state index contributed by atoms with van der Waals surface area (Å²) in [6.45, 7) is 9.74. The van der Waals surface area contributed by atoms with Crippen molar-refractivity contribution in [1.82, 2.24) is 37.2 Å². The number of Topliss-reactive ketones (excluding diaryl/α,β-unsaturated/α-hetero) is 2. The van der Waals surface area contributed by atoms with Crippen LogP contribution in [0.3, 0.4) is 0 Å². The molecule has 0 radical (unpaired) electrons. The van der Waals surface area contributed by atoms with Gasteiger partial charge in [0.15, 0.2) is 11.6 Å². The Morgan fingerprint density at radius 2 is 1.13 bits per heavy atom. The maximum atomic E-state index is 14.6. The fraction of sp³-hybridized carbons (Fsp3) is 0.618. The normalized spacial score (nSPS) is 22.4. The minimum atomic E-state index is -1.24. The highest BCUT2D eigenvalue weighted by atomic mass is 16.5. The van der Waals surface area contributed by atoms with E-state index >= 15 is 0 Å². The first-order valence-corrected chi connectivity index (χ1v) is 27.1. The van der Waals surface area contributed by atoms with Crippen LogP contribution >= 0.6 is 0 Å². The topological polar surface area (TPSA) is 351 Å². The zero-order chi connectivity index (χ0) is 56.2. The second kappa shape index (κ2) is 34.4. The van der Waals surface area contributed by atoms with Crippen LogP contribution in [0.2, 0.25) is 0 Å². The van der Waals surface area contributed by atoms with Gasteiger partial charge in [-0.3, -0.25) is 43.2 Å². The smallest absolute Gasteiger partial charge is 0.251 e. The van der Waals surface area contributed by atoms with Gasteiger partial charge in [0.2, 0.25) is 35.4 Å². The summed E-state index contributed by atoms with van der Waals surface area (Å²) in [6.07, 6.45) is 2.27. The van der Waals surface area contributed by atoms with Crippen molar-refractivity contribution in [3.8, 4) is 5.75 Å². The Morgan fingerprint density at radius 3 is 1.68 bits per heavy atom. The number of ether oxygens (including phenoxy) is 1. The number of unbranched alkanes of at least 4 members (excludes halogenated alkanes) is 2. The van der Waals surface area contributed by atoms with Gasteiger partial charge in [0.05, 0.1) is 18.7 Å². The quantitative estimate of drug-likeness (QED) is 0.0658. The first-order valence-electron chi connectivity index (χ1n) is 27.1. The first kappa shape index (κ1) is 64.0. The molecule has 1 saturated heterocycles. The van der Waals surface area contributed by atoms with E-state index in [0.29, 0.717) is 17.9 Å². The van der Waals surface area contributed by atoms with Crippen molar-refractivity contribution in [1.29, 1.82) is 0 Å². The second-order valence-corrected chi connectivity index (χ2v) is 20.5. The van der Waals surface area contributed by atoms with Gasteiger partial charge in [-0.15, -0.1) is 0 Å². The molecule has 1 heterocycles. The summed E-state index contributed by atoms with van der Waals surface area (Å²) >= 11 is 0. The van der Waals surface area contributed by atoms with Gasteiger partial charge in [-0.05, 0) is 126 Å². The molecular formula is C55H87N11O10. The van der Waals surface area contributed by atoms with Crippen LogP contribution in [0.25, 0.3) is 0 Å². The Kier molecular flexibility index (Phi) is 29.0. The highest BCUT2D eigenvalue weighted by Gasteiger charge is 2.36. The van der Waals surface area contributed by atoms with Crippen LogP contribution in [0.1, 0.15) is 128 Å². The van der Waals surface area contributed by atoms with Crippen LogP contribution < -0.4 is 64.9 Å². The molecule has 0 saturated carbocycles. The highest BCUT2D eigenvalue weighted by molar-refractivity contribution is 6.00. The maximum absolute atomic E-state index is 14.6. The number of nitrogens with two attached hydrogens (primary N) is 4. The summed E-state index contributed by atoms with van der Waals surface area (Å²) in [5.41, 5.74) is 24.8. The van der Waals surface area contributed by atoms with E-state index in [4.69, 9.17) is 27.7 Å². The molecule has 2 aromatic rings. The van der Waals surface area contributed by atoms with E-state index in [0.717, 1.165) is 19.3 Å². The summed E-state index contributed by atoms with van der Waals surface area (Å²) in [5, 5.41) is 19.3. The maximum Gasteiger partial charge on any atom is 0.251 e. The molecule has 0 unspecified atom stereocenters. The molecule has 0 aliphatic carbocycles. The fourth-order valence-corrected chi connectivity index (χ4v) is 8.86. The van der Waals surface area contributed by atoms with E-state index in [2.05, 4.69) is 44.1 Å². The highest BCUT2D eigenvalue weighted by Crippen LogP contribution is 2.20. The van der Waals surface area contributed by atoms with E-state index in [1.165, 1.54) is 0 Å². The molecule has 21 nitrogen and oxygen atoms in total. The third-order valence-corrected chi connectivity index (χ3v) is 13.1. The number of nitrogens with one attached hydrogen (secondary N) is 7. The standard InChI is InChI=1S/C55H87N11O10/c1-6-7-11-28-76-40-16-14-37(15-17-40)49(69)61-41(18-23-56)47(67)32-38-22-27-60-52(72)45(29-34(2)3)66-54(74)44(21-26-59)63-53(73)43(20-25-58)64-55(75)46(30-35(4)5)65-51(71)39(31-36-12-9-8-10-13-36)33-48(68)42(19-24-57)62-50(38)70/h8-10,12-17,34-35,38-39,41-46H,6-7,11,18-33,56-59H2,1-5H3,(H,60,72)(H,61,69)(H,62,70)(H,63,73)(H,64,75)(H,65,71)(H,66,74)/t38-,39+,41-,42+,43+,44+,45+,46+/m1/s1. The molecule has 1 fully saturated rings. The van der Waals surface area contributed by atoms with Crippen LogP contribution in [0.4, 0.5) is 0 Å². The van der Waals surface area contributed by atoms with Crippen molar-refractivity contribution in [2.45, 2.75) is 154 Å². The Labute approximate surface area is 448 Å². The first-order chi connectivity index (χ1) is 36.3. The number of hydrogen-bond donors (Lipinski definition) is 11. The van der Waals surface area contributed by atoms with Crippen LogP contribution in [0, 0.1) is 23.7 Å². The number of carbonyl (C=O) groups is 9. The molecule has 0 spiro atoms. The second-order valence-electron chi connectivity index (χ2n) is 20.5. The largest absolute Gasteiger partial charge is 0.494 e. The van der Waals surface area contributed by atoms with Crippen molar-refractivity contribution in [2.75, 3.05) is 39.3 Å². The molecule has 8 atom stereocenters. The van der Waals surface area contributed by atoms with Crippen molar-refractivity contribution < 1.29 is 47.9 Å². The van der Waals surface area contributed by atoms with Crippen LogP contribution in [-0.4, -0.2) is 128 Å². The minimum absolute atomic E-state index is 0.00882. The molecule has 3 rings (SSSR count). The van der Waals surface area contributed by atoms with Gasteiger partial charge in [0, 0.05) is 36.8 Å². The molecule has 7 amide bonds. The summed E-state index contributed by atoms with van der Waals surface area (Å²) in [5.74, 6) is -7.67. The average Bonchev–Trinajstić information content (AvgIpc) is 3.38. The summed E-state index contributed by atoms with van der Waals surface area (Å²) in [7, 11) is 0. The van der Waals surface area contributed by atoms with Gasteiger partial charge in [0.25, 0.3) is 5.91 Å². The number of benzene rings is 2. The van der Waals surface area contributed by atoms with Gasteiger partial charge in [0.1, 0.15) is 29.9 Å². The lowest BCUT2D eigenvalue weighted by molar-refractivity contribution is -0.136. The Balaban J connectivity index is 2.09. The third kappa shape index (κ3) is 22.5. The summed E-state index contributed by atoms with van der Waals surface area (Å²) in [4.78, 5) is 127. The summed E-state index contributed by atoms with van der Waals surface area (Å²) < 4.78 is 5.78. The number of hydrogen-bond acceptors (Lipinski definition) is 14. The number of ketones is 2. The number of carbonyl (C=O) groups excluding carboxylic acids is 9. The molecule has 15 N–H and O–H groups in total. The van der Waals surface area contributed by atoms with E-state index in [1.54, 1.807) is 54.6 Å². The Morgan fingerprint density at radius 1 is 0.618 bits per heavy atom. The van der Waals surface area contributed by atoms with Crippen LogP contribution in [0.5, 0.6) is 5.75 Å². The predicted molar refractivity (Wildman–Crippen MR) is 290 cm³/mol. The Hall–Kier alpha value is -6.29. The zero-order valence-electron chi connectivity index (χ0n) is 45.3. The van der Waals surface area contributed by atoms with E-state index < -0.39 is 114 Å². The average molecular weight is 1060 g/mol. The molecular weight excluding hydrogens is 975 g/mol. The van der Waals surface area contributed by atoms with Crippen LogP contribution in [-0.2, 0) is 44.8 Å². The van der Waals surface area contributed by atoms with Gasteiger partial charge >= 0.3 is 0 Å². The van der Waals surface area contributed by atoms with Crippen molar-refractivity contribution in [3.63, 3.8) is 0 Å². The van der Waals surface area contributed by atoms with Gasteiger partial charge in [-0.25, -0.2) is 0 Å². The van der Waals surface area contributed by atoms with Gasteiger partial charge in [-0.1, -0.05) is 77.8 Å². The lowest BCUT2D eigenvalue weighted by atomic mass is 9.89. The van der Waals surface area contributed by atoms with E-state index in [1.807, 2.05) is 27.7 Å². The lowest BCUT2D eigenvalue weighted by Crippen LogP contribution is -2.59. The SMILES string of the molecule is CCCCCOc1ccc(C(=O)N[C@H](CCN)C(=O)C[C@H]2CCNC(=O)[C@H](CC(C)C)NC(=O)[C@H](CCN)NC(=O)[C@H](CCN)NC(=O)[C@H](CC(C)C)NC(=O)[C@@H](Cc3ccccc3)CC(=O)[C@H](CCN)NC2=O)cc1. The van der Waals surface area contributed by atoms with Crippen LogP contribution in [0.15, 0.2) is 54.6 Å². The van der Waals surface area contributed by atoms with Crippen molar-refractivity contribution in [3.05, 3.63) is 65.7 Å². The molecule has 0 bridgehead atoms. The molecule has 1 aliphatic rings. The molecule has 2 aromatic carbocycles. The van der Waals surface area contributed by atoms with Gasteiger partial charge < -0.3 is 64.9 Å². The lowest BCUT2D eigenvalue weighted by Gasteiger charge is -2.28. The zero-order valence-corrected chi connectivity index (χ0v) is 45.3. The molecule has 422 valence electrons. The summed E-state index contributed by atoms with van der Waals surface area (Å²) in [6, 6.07) is 8.30. The molecule has 76 heavy (non-hydrogen) atoms. The van der Waals surface area contributed by atoms with Gasteiger partial charge in [-0.2, -0.15) is 0 Å². The molecule has 1 aliphatic heterocycles. The predicted octanol–water partition coefficient (Wildman–Crippen LogP) is 1.18. The number of rotatable bonds is 24. The van der Waals surface area contributed by atoms with Crippen molar-refractivity contribution >= 4 is 52.9 Å². The third-order valence-electron chi connectivity index (χ3n) is 13.1. The Bertz CT molecular complexity index is 2180. The van der Waals surface area contributed by atoms with E-state index in [9.17, 15) is 43.2 Å². The minimum Gasteiger partial charge on any atom is -0.494 e.